The second-order valence-electron chi connectivity index (χ2n) is 3.50. The summed E-state index contributed by atoms with van der Waals surface area (Å²) in [4.78, 5) is 0. The lowest BCUT2D eigenvalue weighted by Gasteiger charge is -2.21. The van der Waals surface area contributed by atoms with Crippen molar-refractivity contribution in [1.29, 1.82) is 0 Å². The molecule has 0 heterocycles. The van der Waals surface area contributed by atoms with E-state index >= 15 is 0 Å². The molecule has 0 aromatic carbocycles. The molecule has 0 rings (SSSR count). The predicted molar refractivity (Wildman–Crippen MR) is 54.6 cm³/mol. The molecule has 0 aliphatic rings. The van der Waals surface area contributed by atoms with Gasteiger partial charge in [0.15, 0.2) is 0 Å². The van der Waals surface area contributed by atoms with Crippen LogP contribution in [0.25, 0.3) is 0 Å². The molecule has 0 unspecified atom stereocenters. The van der Waals surface area contributed by atoms with Gasteiger partial charge >= 0.3 is 0 Å². The van der Waals surface area contributed by atoms with Crippen LogP contribution >= 0.6 is 0 Å². The molecule has 0 fully saturated rings. The van der Waals surface area contributed by atoms with Gasteiger partial charge < -0.3 is 16.2 Å². The monoisotopic (exact) mass is 186 g/mol. The van der Waals surface area contributed by atoms with E-state index in [2.05, 4.69) is 10.2 Å². The number of ether oxygens (including phenoxy) is 1. The summed E-state index contributed by atoms with van der Waals surface area (Å²) in [5.74, 6) is -0.0328. The normalized spacial score (nSPS) is 12.8. The molecular weight excluding hydrogens is 168 g/mol. The molecule has 0 aliphatic heterocycles. The summed E-state index contributed by atoms with van der Waals surface area (Å²) in [5, 5.41) is 7.38. The summed E-state index contributed by atoms with van der Waals surface area (Å²) < 4.78 is 5.22. The van der Waals surface area contributed by atoms with Gasteiger partial charge in [0.1, 0.15) is 0 Å². The fraction of sp³-hybridized carbons (Fsp3) is 0.750. The summed E-state index contributed by atoms with van der Waals surface area (Å²) in [6.45, 7) is 5.80. The van der Waals surface area contributed by atoms with E-state index in [4.69, 9.17) is 16.2 Å². The van der Waals surface area contributed by atoms with Crippen LogP contribution in [0.4, 0.5) is 0 Å². The molecule has 76 valence electrons. The first-order chi connectivity index (χ1) is 5.87. The van der Waals surface area contributed by atoms with Crippen molar-refractivity contribution >= 4 is 11.7 Å². The average molecular weight is 186 g/mol. The van der Waals surface area contributed by atoms with Gasteiger partial charge in [0.05, 0.1) is 5.60 Å². The molecule has 0 amide bonds. The summed E-state index contributed by atoms with van der Waals surface area (Å²) >= 11 is 0. The van der Waals surface area contributed by atoms with E-state index < -0.39 is 0 Å². The Morgan fingerprint density at radius 1 is 1.31 bits per heavy atom. The third-order valence-electron chi connectivity index (χ3n) is 1.57. The Hall–Kier alpha value is -1.10. The molecule has 0 aromatic rings. The van der Waals surface area contributed by atoms with Crippen LogP contribution in [-0.4, -0.2) is 24.4 Å². The van der Waals surface area contributed by atoms with Gasteiger partial charge in [-0.05, 0) is 20.8 Å². The van der Waals surface area contributed by atoms with Gasteiger partial charge in [-0.15, -0.1) is 5.10 Å². The van der Waals surface area contributed by atoms with Crippen molar-refractivity contribution in [2.45, 2.75) is 32.8 Å². The number of nitrogens with two attached hydrogens (primary N) is 2. The highest BCUT2D eigenvalue weighted by atomic mass is 16.5. The molecule has 0 bridgehead atoms. The summed E-state index contributed by atoms with van der Waals surface area (Å²) in [6.07, 6.45) is 0.695. The first kappa shape index (κ1) is 11.9. The van der Waals surface area contributed by atoms with Crippen molar-refractivity contribution in [3.05, 3.63) is 0 Å². The van der Waals surface area contributed by atoms with Gasteiger partial charge in [0.25, 0.3) is 0 Å². The lowest BCUT2D eigenvalue weighted by molar-refractivity contribution is 0.0291. The summed E-state index contributed by atoms with van der Waals surface area (Å²) in [5.41, 5.74) is 10.9. The molecule has 0 aromatic heterocycles. The maximum absolute atomic E-state index is 5.22. The fourth-order valence-corrected chi connectivity index (χ4v) is 0.867. The Kier molecular flexibility index (Phi) is 4.40. The second kappa shape index (κ2) is 4.81. The Labute approximate surface area is 78.8 Å². The largest absolute Gasteiger partial charge is 0.378 e. The third kappa shape index (κ3) is 6.10. The first-order valence-corrected chi connectivity index (χ1v) is 4.04. The van der Waals surface area contributed by atoms with Gasteiger partial charge in [-0.2, -0.15) is 5.10 Å². The molecule has 0 radical (unpaired) electrons. The molecule has 5 heteroatoms. The van der Waals surface area contributed by atoms with Gasteiger partial charge in [-0.1, -0.05) is 0 Å². The van der Waals surface area contributed by atoms with Crippen molar-refractivity contribution in [2.75, 3.05) is 7.11 Å². The molecular formula is C8H18N4O. The highest BCUT2D eigenvalue weighted by molar-refractivity contribution is 5.84. The molecule has 0 atom stereocenters. The molecule has 4 N–H and O–H groups in total. The van der Waals surface area contributed by atoms with E-state index in [0.717, 1.165) is 5.71 Å². The van der Waals surface area contributed by atoms with E-state index in [9.17, 15) is 0 Å². The van der Waals surface area contributed by atoms with Crippen LogP contribution < -0.4 is 11.5 Å². The topological polar surface area (TPSA) is 86.0 Å². The van der Waals surface area contributed by atoms with Gasteiger partial charge in [0.2, 0.25) is 5.96 Å². The molecule has 0 aliphatic carbocycles. The van der Waals surface area contributed by atoms with Crippen molar-refractivity contribution in [3.8, 4) is 0 Å². The zero-order chi connectivity index (χ0) is 10.5. The van der Waals surface area contributed by atoms with Crippen LogP contribution in [0.2, 0.25) is 0 Å². The lowest BCUT2D eigenvalue weighted by Crippen LogP contribution is -2.26. The van der Waals surface area contributed by atoms with E-state index in [1.54, 1.807) is 7.11 Å². The molecule has 0 spiro atoms. The maximum Gasteiger partial charge on any atom is 0.211 e. The SMILES string of the molecule is COC(C)(C)CC(C)=NN=C(N)N. The number of hydrogen-bond acceptors (Lipinski definition) is 3. The van der Waals surface area contributed by atoms with Gasteiger partial charge in [-0.25, -0.2) is 0 Å². The Balaban J connectivity index is 4.22. The van der Waals surface area contributed by atoms with Crippen molar-refractivity contribution in [1.82, 2.24) is 0 Å². The highest BCUT2D eigenvalue weighted by Crippen LogP contribution is 2.13. The van der Waals surface area contributed by atoms with Gasteiger partial charge in [-0.3, -0.25) is 0 Å². The van der Waals surface area contributed by atoms with Crippen molar-refractivity contribution in [3.63, 3.8) is 0 Å². The second-order valence-corrected chi connectivity index (χ2v) is 3.50. The maximum atomic E-state index is 5.22. The van der Waals surface area contributed by atoms with E-state index in [0.29, 0.717) is 6.42 Å². The summed E-state index contributed by atoms with van der Waals surface area (Å²) in [6, 6.07) is 0. The third-order valence-corrected chi connectivity index (χ3v) is 1.57. The number of nitrogens with zero attached hydrogens (tertiary/aromatic N) is 2. The van der Waals surface area contributed by atoms with Crippen LogP contribution in [-0.2, 0) is 4.74 Å². The predicted octanol–water partition coefficient (Wildman–Crippen LogP) is 0.451. The van der Waals surface area contributed by atoms with E-state index in [1.165, 1.54) is 0 Å². The number of rotatable bonds is 4. The molecule has 13 heavy (non-hydrogen) atoms. The van der Waals surface area contributed by atoms with Crippen LogP contribution in [0.1, 0.15) is 27.2 Å². The minimum absolute atomic E-state index is 0.0328. The Morgan fingerprint density at radius 3 is 2.23 bits per heavy atom. The van der Waals surface area contributed by atoms with Crippen LogP contribution in [0, 0.1) is 0 Å². The smallest absolute Gasteiger partial charge is 0.211 e. The standard InChI is InChI=1S/C8H18N4O/c1-6(11-12-7(9)10)5-8(2,3)13-4/h5H2,1-4H3,(H4,9,10,12). The molecule has 5 nitrogen and oxygen atoms in total. The lowest BCUT2D eigenvalue weighted by atomic mass is 10.0. The summed E-state index contributed by atoms with van der Waals surface area (Å²) in [7, 11) is 1.66. The zero-order valence-electron chi connectivity index (χ0n) is 8.66. The average Bonchev–Trinajstić information content (AvgIpc) is 2.00. The fourth-order valence-electron chi connectivity index (χ4n) is 0.867. The Bertz CT molecular complexity index is 216. The van der Waals surface area contributed by atoms with Crippen LogP contribution in [0.15, 0.2) is 10.2 Å². The van der Waals surface area contributed by atoms with Crippen molar-refractivity contribution in [2.24, 2.45) is 21.7 Å². The highest BCUT2D eigenvalue weighted by Gasteiger charge is 2.17. The van der Waals surface area contributed by atoms with Crippen molar-refractivity contribution < 1.29 is 4.74 Å². The van der Waals surface area contributed by atoms with Gasteiger partial charge in [0, 0.05) is 19.2 Å². The van der Waals surface area contributed by atoms with Crippen LogP contribution in [0.5, 0.6) is 0 Å². The minimum Gasteiger partial charge on any atom is -0.378 e. The quantitative estimate of drug-likeness (QED) is 0.379. The Morgan fingerprint density at radius 2 is 1.85 bits per heavy atom. The molecule has 0 saturated heterocycles. The van der Waals surface area contributed by atoms with E-state index in [-0.39, 0.29) is 11.6 Å². The first-order valence-electron chi connectivity index (χ1n) is 4.04. The number of methoxy groups -OCH3 is 1. The molecule has 0 saturated carbocycles. The zero-order valence-corrected chi connectivity index (χ0v) is 8.66. The number of guanidine groups is 1. The van der Waals surface area contributed by atoms with Crippen LogP contribution in [0.3, 0.4) is 0 Å². The van der Waals surface area contributed by atoms with E-state index in [1.807, 2.05) is 20.8 Å². The minimum atomic E-state index is -0.230. The number of hydrogen-bond donors (Lipinski definition) is 2.